The third-order valence-electron chi connectivity index (χ3n) is 7.18. The molecular weight excluding hydrogens is 552 g/mol. The molecule has 3 atom stereocenters. The van der Waals surface area contributed by atoms with Crippen molar-refractivity contribution in [3.63, 3.8) is 0 Å². The lowest BCUT2D eigenvalue weighted by Gasteiger charge is -2.18. The minimum atomic E-state index is -0.645. The summed E-state index contributed by atoms with van der Waals surface area (Å²) in [5.41, 5.74) is 3.89. The Morgan fingerprint density at radius 2 is 1.89 bits per heavy atom. The van der Waals surface area contributed by atoms with Gasteiger partial charge in [-0.15, -0.1) is 5.10 Å². The molecule has 8 nitrogen and oxygen atoms in total. The molecule has 4 aromatic heterocycles. The molecule has 1 aliphatic carbocycles. The number of H-pyrrole nitrogens is 1. The van der Waals surface area contributed by atoms with Crippen LogP contribution in [0, 0.1) is 18.8 Å². The second-order valence-electron chi connectivity index (χ2n) is 9.55. The van der Waals surface area contributed by atoms with Gasteiger partial charge in [0.1, 0.15) is 16.7 Å². The summed E-state index contributed by atoms with van der Waals surface area (Å²) in [6.07, 6.45) is 2.49. The molecule has 5 aromatic rings. The average molecular weight is 569 g/mol. The molecule has 3 unspecified atom stereocenters. The summed E-state index contributed by atoms with van der Waals surface area (Å²) in [5.74, 6) is 0.254. The largest absolute Gasteiger partial charge is 0.331 e. The van der Waals surface area contributed by atoms with Crippen molar-refractivity contribution >= 4 is 34.8 Å². The van der Waals surface area contributed by atoms with Gasteiger partial charge in [0, 0.05) is 34.0 Å². The standard InChI is InChI=1S/C26H17Cl3FN7O/c1-11-2-4-14(25(30)31-11)22-24(29)33-26(32-22)23-17-9-16(17)19-6-12(7-21(38)37(19)23)15-8-13(27)3-5-18(15)36-10-20(28)34-35-36/h2-8,10,16-17,23H,9H2,1H3,(H,32,33). The third kappa shape index (κ3) is 3.68. The quantitative estimate of drug-likeness (QED) is 0.269. The Morgan fingerprint density at radius 3 is 2.66 bits per heavy atom. The highest BCUT2D eigenvalue weighted by atomic mass is 35.5. The zero-order valence-corrected chi connectivity index (χ0v) is 21.9. The first kappa shape index (κ1) is 23.6. The Labute approximate surface area is 230 Å². The SMILES string of the molecule is Cc1ccc(-c2nc(C3C4CC4c4cc(-c5cc(Cl)ccc5-n5cc(Cl)nn5)cc(=O)n43)[nH]c2Cl)c(F)n1. The number of aromatic nitrogens is 7. The van der Waals surface area contributed by atoms with Crippen LogP contribution >= 0.6 is 34.8 Å². The van der Waals surface area contributed by atoms with E-state index in [1.807, 2.05) is 12.1 Å². The minimum absolute atomic E-state index is 0.182. The van der Waals surface area contributed by atoms with Gasteiger partial charge in [0.25, 0.3) is 5.56 Å². The molecular formula is C26H17Cl3FN7O. The maximum atomic E-state index is 14.6. The molecule has 12 heteroatoms. The smallest absolute Gasteiger partial charge is 0.252 e. The monoisotopic (exact) mass is 567 g/mol. The highest BCUT2D eigenvalue weighted by Crippen LogP contribution is 2.60. The van der Waals surface area contributed by atoms with E-state index in [1.54, 1.807) is 52.7 Å². The molecule has 1 saturated carbocycles. The van der Waals surface area contributed by atoms with Crippen molar-refractivity contribution in [3.05, 3.63) is 97.5 Å². The second-order valence-corrected chi connectivity index (χ2v) is 10.8. The summed E-state index contributed by atoms with van der Waals surface area (Å²) < 4.78 is 17.9. The number of halogens is 4. The van der Waals surface area contributed by atoms with E-state index in [0.717, 1.165) is 17.7 Å². The highest BCUT2D eigenvalue weighted by Gasteiger charge is 2.54. The van der Waals surface area contributed by atoms with Crippen molar-refractivity contribution in [2.75, 3.05) is 0 Å². The predicted octanol–water partition coefficient (Wildman–Crippen LogP) is 6.00. The van der Waals surface area contributed by atoms with Gasteiger partial charge in [-0.05, 0) is 61.2 Å². The number of benzene rings is 1. The zero-order chi connectivity index (χ0) is 26.3. The predicted molar refractivity (Wildman–Crippen MR) is 142 cm³/mol. The van der Waals surface area contributed by atoms with Gasteiger partial charge in [-0.25, -0.2) is 14.6 Å². The number of hydrogen-bond donors (Lipinski definition) is 1. The molecule has 1 aromatic carbocycles. The molecule has 1 fully saturated rings. The topological polar surface area (TPSA) is 94.3 Å². The summed E-state index contributed by atoms with van der Waals surface area (Å²) in [7, 11) is 0. The van der Waals surface area contributed by atoms with Crippen molar-refractivity contribution in [2.45, 2.75) is 25.3 Å². The lowest BCUT2D eigenvalue weighted by Crippen LogP contribution is -2.26. The third-order valence-corrected chi connectivity index (χ3v) is 7.87. The second kappa shape index (κ2) is 8.49. The zero-order valence-electron chi connectivity index (χ0n) is 19.7. The molecule has 0 radical (unpaired) electrons. The molecule has 1 aliphatic heterocycles. The average Bonchev–Trinajstić information content (AvgIpc) is 3.19. The van der Waals surface area contributed by atoms with Gasteiger partial charge in [0.15, 0.2) is 5.15 Å². The number of hydrogen-bond acceptors (Lipinski definition) is 5. The van der Waals surface area contributed by atoms with Gasteiger partial charge in [-0.3, -0.25) is 4.79 Å². The lowest BCUT2D eigenvalue weighted by molar-refractivity contribution is 0.514. The Kier molecular flexibility index (Phi) is 5.27. The van der Waals surface area contributed by atoms with Crippen molar-refractivity contribution in [2.24, 2.45) is 5.92 Å². The maximum absolute atomic E-state index is 14.6. The fraction of sp³-hybridized carbons (Fsp3) is 0.192. The van der Waals surface area contributed by atoms with Crippen molar-refractivity contribution in [3.8, 4) is 28.1 Å². The van der Waals surface area contributed by atoms with Crippen LogP contribution in [0.2, 0.25) is 15.3 Å². The van der Waals surface area contributed by atoms with E-state index >= 15 is 0 Å². The van der Waals surface area contributed by atoms with Crippen LogP contribution in [0.25, 0.3) is 28.1 Å². The van der Waals surface area contributed by atoms with Gasteiger partial charge in [-0.2, -0.15) is 4.39 Å². The first-order chi connectivity index (χ1) is 18.3. The van der Waals surface area contributed by atoms with E-state index in [-0.39, 0.29) is 45.0 Å². The summed E-state index contributed by atoms with van der Waals surface area (Å²) in [6.45, 7) is 1.71. The fourth-order valence-electron chi connectivity index (χ4n) is 5.45. The van der Waals surface area contributed by atoms with E-state index in [4.69, 9.17) is 34.8 Å². The fourth-order valence-corrected chi connectivity index (χ4v) is 5.99. The van der Waals surface area contributed by atoms with Crippen LogP contribution in [0.5, 0.6) is 0 Å². The maximum Gasteiger partial charge on any atom is 0.252 e. The molecule has 0 amide bonds. The number of fused-ring (bicyclic) bond motifs is 3. The molecule has 0 bridgehead atoms. The Morgan fingerprint density at radius 1 is 1.05 bits per heavy atom. The summed E-state index contributed by atoms with van der Waals surface area (Å²) in [4.78, 5) is 25.2. The first-order valence-electron chi connectivity index (χ1n) is 11.8. The van der Waals surface area contributed by atoms with Gasteiger partial charge in [0.2, 0.25) is 5.95 Å². The Bertz CT molecular complexity index is 1830. The lowest BCUT2D eigenvalue weighted by atomic mass is 10.0. The highest BCUT2D eigenvalue weighted by molar-refractivity contribution is 6.32. The molecule has 1 N–H and O–H groups in total. The van der Waals surface area contributed by atoms with Gasteiger partial charge in [0.05, 0.1) is 23.5 Å². The molecule has 38 heavy (non-hydrogen) atoms. The normalized spacial score (nSPS) is 19.4. The first-order valence-corrected chi connectivity index (χ1v) is 13.0. The molecule has 2 aliphatic rings. The molecule has 0 spiro atoms. The number of aryl methyl sites for hydroxylation is 1. The number of pyridine rings is 2. The minimum Gasteiger partial charge on any atom is -0.331 e. The van der Waals surface area contributed by atoms with E-state index < -0.39 is 5.95 Å². The molecule has 7 rings (SSSR count). The van der Waals surface area contributed by atoms with Gasteiger partial charge >= 0.3 is 0 Å². The molecule has 0 saturated heterocycles. The van der Waals surface area contributed by atoms with Gasteiger partial charge < -0.3 is 9.55 Å². The number of nitrogens with zero attached hydrogens (tertiary/aromatic N) is 6. The summed E-state index contributed by atoms with van der Waals surface area (Å²) >= 11 is 18.8. The van der Waals surface area contributed by atoms with E-state index in [2.05, 4.69) is 25.3 Å². The van der Waals surface area contributed by atoms with E-state index in [0.29, 0.717) is 27.8 Å². The summed E-state index contributed by atoms with van der Waals surface area (Å²) in [5, 5.41) is 8.91. The number of rotatable bonds is 4. The van der Waals surface area contributed by atoms with E-state index in [1.165, 1.54) is 0 Å². The molecule has 5 heterocycles. The number of imidazole rings is 1. The summed E-state index contributed by atoms with van der Waals surface area (Å²) in [6, 6.07) is 11.9. The van der Waals surface area contributed by atoms with Crippen LogP contribution < -0.4 is 5.56 Å². The van der Waals surface area contributed by atoms with Crippen LogP contribution in [-0.2, 0) is 0 Å². The van der Waals surface area contributed by atoms with Crippen molar-refractivity contribution in [1.29, 1.82) is 0 Å². The Balaban J connectivity index is 1.32. The van der Waals surface area contributed by atoms with Crippen LogP contribution in [-0.4, -0.2) is 34.5 Å². The number of nitrogens with one attached hydrogen (secondary N) is 1. The van der Waals surface area contributed by atoms with E-state index in [9.17, 15) is 9.18 Å². The van der Waals surface area contributed by atoms with Crippen molar-refractivity contribution < 1.29 is 4.39 Å². The van der Waals surface area contributed by atoms with Crippen LogP contribution in [0.1, 0.15) is 35.6 Å². The number of aromatic amines is 1. The van der Waals surface area contributed by atoms with Crippen molar-refractivity contribution in [1.82, 2.24) is 34.5 Å². The van der Waals surface area contributed by atoms with Crippen LogP contribution in [0.15, 0.2) is 53.5 Å². The van der Waals surface area contributed by atoms with Crippen LogP contribution in [0.3, 0.4) is 0 Å². The van der Waals surface area contributed by atoms with Gasteiger partial charge in [-0.1, -0.05) is 40.0 Å². The van der Waals surface area contributed by atoms with Crippen LogP contribution in [0.4, 0.5) is 4.39 Å². The molecule has 190 valence electrons. The Hall–Kier alpha value is -3.53.